The smallest absolute Gasteiger partial charge is 0.270 e. The monoisotopic (exact) mass is 234 g/mol. The summed E-state index contributed by atoms with van der Waals surface area (Å²) in [5, 5.41) is 25.6. The number of nitro benzene ring substituents is 1. The van der Waals surface area contributed by atoms with Crippen molar-refractivity contribution in [2.24, 2.45) is 0 Å². The molecule has 0 saturated carbocycles. The number of nitro groups is 1. The fourth-order valence-electron chi connectivity index (χ4n) is 1.26. The molecule has 0 aliphatic rings. The Kier molecular flexibility index (Phi) is 4.43. The molecule has 1 atom stereocenters. The van der Waals surface area contributed by atoms with Crippen molar-refractivity contribution in [3.05, 3.63) is 33.9 Å². The van der Waals surface area contributed by atoms with Crippen molar-refractivity contribution in [3.63, 3.8) is 0 Å². The van der Waals surface area contributed by atoms with E-state index in [4.69, 9.17) is 5.26 Å². The number of hydrogen-bond acceptors (Lipinski definition) is 5. The quantitative estimate of drug-likeness (QED) is 0.595. The molecule has 2 N–H and O–H groups in total. The molecular weight excluding hydrogens is 220 g/mol. The van der Waals surface area contributed by atoms with Gasteiger partial charge in [-0.3, -0.25) is 10.1 Å². The zero-order chi connectivity index (χ0) is 12.8. The van der Waals surface area contributed by atoms with E-state index in [0.717, 1.165) is 0 Å². The molecule has 6 heteroatoms. The van der Waals surface area contributed by atoms with Gasteiger partial charge in [0.05, 0.1) is 16.2 Å². The first-order chi connectivity index (χ1) is 8.08. The maximum atomic E-state index is 10.6. The largest absolute Gasteiger partial charge is 0.382 e. The first kappa shape index (κ1) is 12.9. The van der Waals surface area contributed by atoms with Gasteiger partial charge in [0.2, 0.25) is 0 Å². The normalized spacial score (nSPS) is 11.6. The summed E-state index contributed by atoms with van der Waals surface area (Å²) in [6, 6.07) is 6.40. The zero-order valence-electron chi connectivity index (χ0n) is 9.73. The van der Waals surface area contributed by atoms with Crippen LogP contribution >= 0.6 is 0 Å². The molecule has 1 aromatic carbocycles. The van der Waals surface area contributed by atoms with E-state index in [9.17, 15) is 10.1 Å². The van der Waals surface area contributed by atoms with Gasteiger partial charge in [0.1, 0.15) is 6.07 Å². The molecule has 0 heterocycles. The molecule has 0 amide bonds. The topological polar surface area (TPSA) is 91.0 Å². The molecule has 0 radical (unpaired) electrons. The van der Waals surface area contributed by atoms with Crippen molar-refractivity contribution < 1.29 is 4.92 Å². The second-order valence-corrected chi connectivity index (χ2v) is 3.67. The molecule has 0 aliphatic carbocycles. The molecule has 90 valence electrons. The van der Waals surface area contributed by atoms with Crippen LogP contribution in [0.5, 0.6) is 0 Å². The Morgan fingerprint density at radius 2 is 2.29 bits per heavy atom. The number of anilines is 1. The number of nitriles is 1. The highest BCUT2D eigenvalue weighted by molar-refractivity contribution is 5.61. The number of nitrogens with zero attached hydrogens (tertiary/aromatic N) is 2. The van der Waals surface area contributed by atoms with Crippen LogP contribution in [-0.2, 0) is 0 Å². The van der Waals surface area contributed by atoms with Crippen LogP contribution in [0.3, 0.4) is 0 Å². The first-order valence-corrected chi connectivity index (χ1v) is 5.18. The lowest BCUT2D eigenvalue weighted by atomic mass is 10.1. The van der Waals surface area contributed by atoms with Crippen LogP contribution in [0.25, 0.3) is 0 Å². The Hall–Kier alpha value is -2.13. The number of hydrogen-bond donors (Lipinski definition) is 2. The van der Waals surface area contributed by atoms with Gasteiger partial charge in [-0.05, 0) is 20.0 Å². The van der Waals surface area contributed by atoms with Gasteiger partial charge in [-0.15, -0.1) is 0 Å². The van der Waals surface area contributed by atoms with E-state index in [-0.39, 0.29) is 17.3 Å². The molecular formula is C11H14N4O2. The fraction of sp³-hybridized carbons (Fsp3) is 0.364. The first-order valence-electron chi connectivity index (χ1n) is 5.18. The molecule has 0 aromatic heterocycles. The third kappa shape index (κ3) is 3.43. The summed E-state index contributed by atoms with van der Waals surface area (Å²) in [4.78, 5) is 10.0. The fourth-order valence-corrected chi connectivity index (χ4v) is 1.26. The Labute approximate surface area is 99.4 Å². The average molecular weight is 234 g/mol. The highest BCUT2D eigenvalue weighted by Crippen LogP contribution is 2.21. The van der Waals surface area contributed by atoms with Crippen LogP contribution in [-0.4, -0.2) is 24.6 Å². The zero-order valence-corrected chi connectivity index (χ0v) is 9.73. The maximum absolute atomic E-state index is 10.6. The van der Waals surface area contributed by atoms with Crippen molar-refractivity contribution >= 4 is 11.4 Å². The molecule has 0 fully saturated rings. The van der Waals surface area contributed by atoms with Gasteiger partial charge in [0, 0.05) is 24.7 Å². The standard InChI is InChI=1S/C11H14N4O2/c1-8(13-2)7-14-11-4-3-10(15(16)17)5-9(11)6-12/h3-5,8,13-14H,7H2,1-2H3. The predicted molar refractivity (Wildman–Crippen MR) is 64.8 cm³/mol. The lowest BCUT2D eigenvalue weighted by Gasteiger charge is -2.13. The molecule has 1 unspecified atom stereocenters. The summed E-state index contributed by atoms with van der Waals surface area (Å²) in [6.45, 7) is 2.63. The summed E-state index contributed by atoms with van der Waals surface area (Å²) in [5.74, 6) is 0. The molecule has 0 saturated heterocycles. The number of likely N-dealkylation sites (N-methyl/N-ethyl adjacent to an activating group) is 1. The van der Waals surface area contributed by atoms with Gasteiger partial charge >= 0.3 is 0 Å². The second-order valence-electron chi connectivity index (χ2n) is 3.67. The minimum atomic E-state index is -0.513. The van der Waals surface area contributed by atoms with Crippen LogP contribution in [0, 0.1) is 21.4 Å². The summed E-state index contributed by atoms with van der Waals surface area (Å²) < 4.78 is 0. The second kappa shape index (κ2) is 5.82. The van der Waals surface area contributed by atoms with Crippen LogP contribution in [0.15, 0.2) is 18.2 Å². The van der Waals surface area contributed by atoms with Crippen LogP contribution < -0.4 is 10.6 Å². The Bertz CT molecular complexity index is 453. The molecule has 0 bridgehead atoms. The number of non-ortho nitro benzene ring substituents is 1. The van der Waals surface area contributed by atoms with Crippen molar-refractivity contribution in [1.29, 1.82) is 5.26 Å². The lowest BCUT2D eigenvalue weighted by molar-refractivity contribution is -0.384. The van der Waals surface area contributed by atoms with Crippen LogP contribution in [0.1, 0.15) is 12.5 Å². The van der Waals surface area contributed by atoms with Gasteiger partial charge in [0.15, 0.2) is 0 Å². The molecule has 17 heavy (non-hydrogen) atoms. The van der Waals surface area contributed by atoms with E-state index in [2.05, 4.69) is 10.6 Å². The highest BCUT2D eigenvalue weighted by Gasteiger charge is 2.10. The minimum absolute atomic E-state index is 0.0752. The molecule has 0 aliphatic heterocycles. The summed E-state index contributed by atoms with van der Waals surface area (Å²) in [5.41, 5.74) is 0.816. The summed E-state index contributed by atoms with van der Waals surface area (Å²) in [7, 11) is 1.84. The Morgan fingerprint density at radius 1 is 1.59 bits per heavy atom. The summed E-state index contributed by atoms with van der Waals surface area (Å²) in [6.07, 6.45) is 0. The van der Waals surface area contributed by atoms with E-state index in [1.165, 1.54) is 12.1 Å². The Balaban J connectivity index is 2.87. The molecule has 1 rings (SSSR count). The SMILES string of the molecule is CNC(C)CNc1ccc([N+](=O)[O-])cc1C#N. The van der Waals surface area contributed by atoms with E-state index in [0.29, 0.717) is 12.2 Å². The number of benzene rings is 1. The lowest BCUT2D eigenvalue weighted by Crippen LogP contribution is -2.29. The molecule has 6 nitrogen and oxygen atoms in total. The van der Waals surface area contributed by atoms with Gasteiger partial charge in [-0.2, -0.15) is 5.26 Å². The molecule has 0 spiro atoms. The van der Waals surface area contributed by atoms with Crippen molar-refractivity contribution in [2.45, 2.75) is 13.0 Å². The van der Waals surface area contributed by atoms with Gasteiger partial charge in [-0.25, -0.2) is 0 Å². The van der Waals surface area contributed by atoms with E-state index in [1.807, 2.05) is 20.0 Å². The van der Waals surface area contributed by atoms with E-state index < -0.39 is 4.92 Å². The van der Waals surface area contributed by atoms with Gasteiger partial charge in [-0.1, -0.05) is 0 Å². The van der Waals surface area contributed by atoms with E-state index >= 15 is 0 Å². The third-order valence-corrected chi connectivity index (χ3v) is 2.43. The third-order valence-electron chi connectivity index (χ3n) is 2.43. The number of nitrogens with one attached hydrogen (secondary N) is 2. The van der Waals surface area contributed by atoms with Gasteiger partial charge < -0.3 is 10.6 Å². The minimum Gasteiger partial charge on any atom is -0.382 e. The Morgan fingerprint density at radius 3 is 2.82 bits per heavy atom. The van der Waals surface area contributed by atoms with Crippen molar-refractivity contribution in [1.82, 2.24) is 5.32 Å². The van der Waals surface area contributed by atoms with Crippen molar-refractivity contribution in [2.75, 3.05) is 18.9 Å². The predicted octanol–water partition coefficient (Wildman–Crippen LogP) is 1.49. The molecule has 1 aromatic rings. The van der Waals surface area contributed by atoms with Gasteiger partial charge in [0.25, 0.3) is 5.69 Å². The van der Waals surface area contributed by atoms with Crippen LogP contribution in [0.4, 0.5) is 11.4 Å². The van der Waals surface area contributed by atoms with Crippen LogP contribution in [0.2, 0.25) is 0 Å². The highest BCUT2D eigenvalue weighted by atomic mass is 16.6. The average Bonchev–Trinajstić information content (AvgIpc) is 2.35. The van der Waals surface area contributed by atoms with E-state index in [1.54, 1.807) is 6.07 Å². The summed E-state index contributed by atoms with van der Waals surface area (Å²) >= 11 is 0. The maximum Gasteiger partial charge on any atom is 0.270 e. The van der Waals surface area contributed by atoms with Crippen molar-refractivity contribution in [3.8, 4) is 6.07 Å². The number of rotatable bonds is 5.